The molecule has 0 spiro atoms. The van der Waals surface area contributed by atoms with Crippen molar-refractivity contribution in [2.45, 2.75) is 0 Å². The highest BCUT2D eigenvalue weighted by molar-refractivity contribution is 6.24. The van der Waals surface area contributed by atoms with Crippen LogP contribution in [0.1, 0.15) is 22.3 Å². The summed E-state index contributed by atoms with van der Waals surface area (Å²) < 4.78 is 36.3. The normalized spacial score (nSPS) is 15.2. The van der Waals surface area contributed by atoms with Crippen LogP contribution in [-0.2, 0) is 9.47 Å². The van der Waals surface area contributed by atoms with Gasteiger partial charge >= 0.3 is 0 Å². The van der Waals surface area contributed by atoms with Crippen LogP contribution in [0.5, 0.6) is 23.0 Å². The Bertz CT molecular complexity index is 2140. The smallest absolute Gasteiger partial charge is 0.163 e. The zero-order chi connectivity index (χ0) is 36.1. The summed E-state index contributed by atoms with van der Waals surface area (Å²) in [5.41, 5.74) is 10.1. The Labute approximate surface area is 311 Å². The zero-order valence-corrected chi connectivity index (χ0v) is 29.2. The molecule has 268 valence electrons. The second-order valence-corrected chi connectivity index (χ2v) is 12.4. The molecule has 12 nitrogen and oxygen atoms in total. The van der Waals surface area contributed by atoms with Crippen molar-refractivity contribution >= 4 is 22.8 Å². The molecule has 0 amide bonds. The van der Waals surface area contributed by atoms with E-state index in [4.69, 9.17) is 38.4 Å². The molecule has 0 saturated carbocycles. The number of ether oxygens (including phenoxy) is 6. The highest BCUT2D eigenvalue weighted by Gasteiger charge is 2.28. The predicted octanol–water partition coefficient (Wildman–Crippen LogP) is 6.83. The first-order valence-corrected chi connectivity index (χ1v) is 17.7. The first-order chi connectivity index (χ1) is 26.8. The van der Waals surface area contributed by atoms with E-state index in [2.05, 4.69) is 19.9 Å². The van der Waals surface area contributed by atoms with Crippen molar-refractivity contribution in [1.82, 2.24) is 19.9 Å². The Balaban J connectivity index is 0.891. The van der Waals surface area contributed by atoms with Gasteiger partial charge in [-0.25, -0.2) is 9.98 Å². The van der Waals surface area contributed by atoms with Crippen molar-refractivity contribution in [2.24, 2.45) is 9.98 Å². The Hall–Kier alpha value is -6.50. The van der Waals surface area contributed by atoms with E-state index >= 15 is 0 Å². The molecule has 2 aromatic carbocycles. The van der Waals surface area contributed by atoms with E-state index < -0.39 is 0 Å². The van der Waals surface area contributed by atoms with Crippen LogP contribution in [-0.4, -0.2) is 84.2 Å². The van der Waals surface area contributed by atoms with Crippen LogP contribution in [0.25, 0.3) is 22.8 Å². The highest BCUT2D eigenvalue weighted by Crippen LogP contribution is 2.39. The first-order valence-electron chi connectivity index (χ1n) is 17.7. The third-order valence-corrected chi connectivity index (χ3v) is 8.98. The number of rotatable bonds is 2. The van der Waals surface area contributed by atoms with Crippen molar-refractivity contribution in [3.05, 3.63) is 132 Å². The number of hydrogen-bond acceptors (Lipinski definition) is 12. The van der Waals surface area contributed by atoms with Crippen molar-refractivity contribution < 1.29 is 28.4 Å². The minimum atomic E-state index is 0.299. The molecule has 0 atom stereocenters. The van der Waals surface area contributed by atoms with Gasteiger partial charge in [-0.05, 0) is 72.8 Å². The number of benzene rings is 2. The molecular formula is C42H34N6O6. The van der Waals surface area contributed by atoms with Crippen LogP contribution in [0.2, 0.25) is 0 Å². The quantitative estimate of drug-likeness (QED) is 0.188. The summed E-state index contributed by atoms with van der Waals surface area (Å²) in [6.07, 6.45) is 7.08. The van der Waals surface area contributed by atoms with E-state index in [1.165, 1.54) is 0 Å². The van der Waals surface area contributed by atoms with Gasteiger partial charge in [0.05, 0.1) is 72.0 Å². The Morgan fingerprint density at radius 3 is 1.06 bits per heavy atom. The Morgan fingerprint density at radius 1 is 0.370 bits per heavy atom. The summed E-state index contributed by atoms with van der Waals surface area (Å²) >= 11 is 0. The number of nitrogens with zero attached hydrogens (tertiary/aromatic N) is 6. The molecule has 2 aliphatic carbocycles. The van der Waals surface area contributed by atoms with Crippen LogP contribution < -0.4 is 18.9 Å². The lowest BCUT2D eigenvalue weighted by molar-refractivity contribution is 0.0640. The van der Waals surface area contributed by atoms with Gasteiger partial charge in [-0.15, -0.1) is 0 Å². The number of hydrogen-bond donors (Lipinski definition) is 0. The summed E-state index contributed by atoms with van der Waals surface area (Å²) in [5, 5.41) is 0. The second-order valence-electron chi connectivity index (χ2n) is 12.4. The third kappa shape index (κ3) is 6.75. The topological polar surface area (TPSA) is 132 Å². The van der Waals surface area contributed by atoms with E-state index in [-0.39, 0.29) is 0 Å². The first kappa shape index (κ1) is 33.3. The van der Waals surface area contributed by atoms with Gasteiger partial charge < -0.3 is 28.4 Å². The lowest BCUT2D eigenvalue weighted by Gasteiger charge is -2.16. The number of fused-ring (bicyclic) bond motifs is 8. The molecule has 0 fully saturated rings. The van der Waals surface area contributed by atoms with E-state index in [1.54, 1.807) is 24.8 Å². The molecule has 0 bridgehead atoms. The van der Waals surface area contributed by atoms with Crippen LogP contribution in [0.15, 0.2) is 120 Å². The SMILES string of the molecule is c1cnc2c(c1)C(=Nc1ccc3c(c1)OCCOCCOc1ccc(N=C4c5cccnc5-c5ncccc54)cc1OCCOCCO3)c1cccnc1-2. The molecular weight excluding hydrogens is 684 g/mol. The van der Waals surface area contributed by atoms with Crippen molar-refractivity contribution in [1.29, 1.82) is 0 Å². The molecule has 6 aromatic rings. The summed E-state index contributed by atoms with van der Waals surface area (Å²) in [4.78, 5) is 28.3. The van der Waals surface area contributed by atoms with Gasteiger partial charge in [0, 0.05) is 59.2 Å². The predicted molar refractivity (Wildman–Crippen MR) is 202 cm³/mol. The molecule has 0 N–H and O–H groups in total. The average molecular weight is 719 g/mol. The van der Waals surface area contributed by atoms with Gasteiger partial charge in [-0.3, -0.25) is 19.9 Å². The van der Waals surface area contributed by atoms with Crippen molar-refractivity contribution in [3.8, 4) is 45.8 Å². The monoisotopic (exact) mass is 718 g/mol. The third-order valence-electron chi connectivity index (χ3n) is 8.98. The van der Waals surface area contributed by atoms with Gasteiger partial charge in [-0.2, -0.15) is 0 Å². The van der Waals surface area contributed by atoms with E-state index in [9.17, 15) is 0 Å². The summed E-state index contributed by atoms with van der Waals surface area (Å²) in [6, 6.07) is 27.0. The van der Waals surface area contributed by atoms with Crippen LogP contribution in [0.3, 0.4) is 0 Å². The van der Waals surface area contributed by atoms with Gasteiger partial charge in [0.25, 0.3) is 0 Å². The minimum Gasteiger partial charge on any atom is -0.487 e. The Morgan fingerprint density at radius 2 is 0.704 bits per heavy atom. The van der Waals surface area contributed by atoms with Crippen LogP contribution >= 0.6 is 0 Å². The maximum Gasteiger partial charge on any atom is 0.163 e. The summed E-state index contributed by atoms with van der Waals surface area (Å²) in [5.74, 6) is 2.28. The Kier molecular flexibility index (Phi) is 9.41. The molecule has 1 aliphatic heterocycles. The average Bonchev–Trinajstić information content (AvgIpc) is 3.70. The fourth-order valence-electron chi connectivity index (χ4n) is 6.57. The fourth-order valence-corrected chi connectivity index (χ4v) is 6.57. The molecule has 0 saturated heterocycles. The van der Waals surface area contributed by atoms with Crippen LogP contribution in [0.4, 0.5) is 11.4 Å². The summed E-state index contributed by atoms with van der Waals surface area (Å²) in [7, 11) is 0. The molecule has 54 heavy (non-hydrogen) atoms. The van der Waals surface area contributed by atoms with Gasteiger partial charge in [0.15, 0.2) is 23.0 Å². The molecule has 12 heteroatoms. The minimum absolute atomic E-state index is 0.299. The molecule has 4 aromatic heterocycles. The highest BCUT2D eigenvalue weighted by atomic mass is 16.6. The summed E-state index contributed by atoms with van der Waals surface area (Å²) in [6.45, 7) is 2.60. The zero-order valence-electron chi connectivity index (χ0n) is 29.2. The molecule has 5 heterocycles. The standard InChI is InChI=1S/C42H34N6O6/c1-5-29-37(30-6-2-14-44-40(30)39(29)43-13-1)47-27-9-11-33-35(25-27)53-23-19-49-18-22-52-34-12-10-28(26-36(34)54-24-20-50-17-21-51-33)48-38-31-7-3-15-45-41(31)42-32(38)8-4-16-46-42/h1-16,25-26H,17-24H2. The van der Waals surface area contributed by atoms with E-state index in [0.717, 1.165) is 56.5 Å². The molecule has 0 unspecified atom stereocenters. The van der Waals surface area contributed by atoms with Crippen molar-refractivity contribution in [2.75, 3.05) is 52.9 Å². The van der Waals surface area contributed by atoms with Crippen LogP contribution in [0, 0.1) is 0 Å². The number of pyridine rings is 4. The van der Waals surface area contributed by atoms with Gasteiger partial charge in [-0.1, -0.05) is 0 Å². The number of aliphatic imine (C=N–C) groups is 2. The molecule has 3 aliphatic rings. The lowest BCUT2D eigenvalue weighted by atomic mass is 10.1. The largest absolute Gasteiger partial charge is 0.487 e. The van der Waals surface area contributed by atoms with E-state index in [1.807, 2.05) is 84.9 Å². The van der Waals surface area contributed by atoms with E-state index in [0.29, 0.717) is 87.2 Å². The van der Waals surface area contributed by atoms with Gasteiger partial charge in [0.2, 0.25) is 0 Å². The van der Waals surface area contributed by atoms with Gasteiger partial charge in [0.1, 0.15) is 26.4 Å². The lowest BCUT2D eigenvalue weighted by Crippen LogP contribution is -2.15. The fraction of sp³-hybridized carbons (Fsp3) is 0.190. The second kappa shape index (κ2) is 15.2. The molecule has 9 rings (SSSR count). The van der Waals surface area contributed by atoms with Crippen molar-refractivity contribution in [3.63, 3.8) is 0 Å². The number of aromatic nitrogens is 4. The maximum atomic E-state index is 6.18. The maximum absolute atomic E-state index is 6.18. The molecule has 0 radical (unpaired) electrons.